The van der Waals surface area contributed by atoms with Crippen molar-refractivity contribution < 1.29 is 0 Å². The Bertz CT molecular complexity index is 932. The van der Waals surface area contributed by atoms with E-state index >= 15 is 0 Å². The first-order valence-corrected chi connectivity index (χ1v) is 8.96. The van der Waals surface area contributed by atoms with Gasteiger partial charge in [-0.2, -0.15) is 5.10 Å². The number of H-pyrrole nitrogens is 1. The fraction of sp³-hybridized carbons (Fsp3) is 0.444. The third-order valence-corrected chi connectivity index (χ3v) is 5.01. The van der Waals surface area contributed by atoms with Crippen LogP contribution in [0.3, 0.4) is 0 Å². The molecule has 1 fully saturated rings. The third-order valence-electron chi connectivity index (χ3n) is 5.01. The van der Waals surface area contributed by atoms with Crippen molar-refractivity contribution in [2.75, 3.05) is 30.3 Å². The number of benzene rings is 1. The average Bonchev–Trinajstić information content (AvgIpc) is 3.03. The molecule has 8 nitrogen and oxygen atoms in total. The summed E-state index contributed by atoms with van der Waals surface area (Å²) in [6.45, 7) is 9.06. The van der Waals surface area contributed by atoms with Crippen LogP contribution < -0.4 is 16.0 Å². The molecule has 1 aromatic carbocycles. The van der Waals surface area contributed by atoms with Crippen molar-refractivity contribution in [3.63, 3.8) is 0 Å². The first kappa shape index (κ1) is 16.7. The number of nitrogens with one attached hydrogen (secondary N) is 2. The number of aromatic nitrogens is 5. The van der Waals surface area contributed by atoms with Crippen LogP contribution in [-0.2, 0) is 0 Å². The molecule has 0 unspecified atom stereocenters. The number of rotatable bonds is 3. The van der Waals surface area contributed by atoms with E-state index in [4.69, 9.17) is 10.7 Å². The highest BCUT2D eigenvalue weighted by atomic mass is 15.3. The number of aryl methyl sites for hydroxylation is 1. The fourth-order valence-corrected chi connectivity index (χ4v) is 3.38. The number of hydrogen-bond donors (Lipinski definition) is 3. The lowest BCUT2D eigenvalue weighted by Gasteiger charge is -2.36. The molecule has 0 saturated carbocycles. The summed E-state index contributed by atoms with van der Waals surface area (Å²) in [6.07, 6.45) is 0. The van der Waals surface area contributed by atoms with Crippen LogP contribution in [0.25, 0.3) is 22.3 Å². The van der Waals surface area contributed by atoms with Crippen LogP contribution in [0, 0.1) is 12.8 Å². The zero-order valence-corrected chi connectivity index (χ0v) is 15.3. The van der Waals surface area contributed by atoms with Gasteiger partial charge in [0, 0.05) is 42.3 Å². The van der Waals surface area contributed by atoms with Crippen molar-refractivity contribution >= 4 is 22.5 Å². The van der Waals surface area contributed by atoms with Gasteiger partial charge in [0.15, 0.2) is 17.5 Å². The molecule has 0 amide bonds. The van der Waals surface area contributed by atoms with Crippen LogP contribution in [0.4, 0.5) is 11.6 Å². The number of aromatic amines is 1. The van der Waals surface area contributed by atoms with Gasteiger partial charge < -0.3 is 16.0 Å². The number of nitrogens with two attached hydrogens (primary N) is 1. The molecular formula is C18H24N8. The summed E-state index contributed by atoms with van der Waals surface area (Å²) in [5.41, 5.74) is 8.96. The van der Waals surface area contributed by atoms with Gasteiger partial charge in [0.25, 0.3) is 0 Å². The normalized spacial score (nSPS) is 18.0. The minimum atomic E-state index is 0.374. The number of fused-ring (bicyclic) bond motifs is 1. The monoisotopic (exact) mass is 352 g/mol. The predicted octanol–water partition coefficient (Wildman–Crippen LogP) is 1.74. The molecule has 3 heterocycles. The van der Waals surface area contributed by atoms with Gasteiger partial charge in [-0.1, -0.05) is 13.8 Å². The van der Waals surface area contributed by atoms with Crippen molar-refractivity contribution in [3.05, 3.63) is 23.9 Å². The van der Waals surface area contributed by atoms with Gasteiger partial charge in [0.1, 0.15) is 0 Å². The summed E-state index contributed by atoms with van der Waals surface area (Å²) in [6, 6.07) is 6.38. The van der Waals surface area contributed by atoms with Gasteiger partial charge in [-0.3, -0.25) is 5.10 Å². The Hall–Kier alpha value is -2.74. The standard InChI is InChI=1S/C18H24N8/c1-10(2)15-9-26(7-6-20-15)18-16(19)24-25-17(21-18)12-4-5-14-13(8-12)11(3)22-23-14/h4-5,8,10,15,20H,6-7,9H2,1-3H3,(H2,19,24)(H,22,23)/t15-/m0/s1. The smallest absolute Gasteiger partial charge is 0.189 e. The lowest BCUT2D eigenvalue weighted by atomic mass is 10.0. The fourth-order valence-electron chi connectivity index (χ4n) is 3.38. The third kappa shape index (κ3) is 2.96. The molecule has 136 valence electrons. The Morgan fingerprint density at radius 3 is 2.92 bits per heavy atom. The van der Waals surface area contributed by atoms with E-state index in [0.29, 0.717) is 29.4 Å². The Balaban J connectivity index is 1.70. The lowest BCUT2D eigenvalue weighted by Crippen LogP contribution is -2.53. The van der Waals surface area contributed by atoms with Crippen LogP contribution in [-0.4, -0.2) is 51.1 Å². The van der Waals surface area contributed by atoms with Gasteiger partial charge in [-0.15, -0.1) is 10.2 Å². The zero-order valence-electron chi connectivity index (χ0n) is 15.3. The largest absolute Gasteiger partial charge is 0.379 e. The number of nitrogen functional groups attached to an aromatic ring is 1. The molecule has 0 aliphatic carbocycles. The summed E-state index contributed by atoms with van der Waals surface area (Å²) in [7, 11) is 0. The number of piperazine rings is 1. The molecule has 1 atom stereocenters. The average molecular weight is 352 g/mol. The van der Waals surface area contributed by atoms with Crippen LogP contribution in [0.1, 0.15) is 19.5 Å². The number of nitrogens with zero attached hydrogens (tertiary/aromatic N) is 5. The first-order chi connectivity index (χ1) is 12.5. The highest BCUT2D eigenvalue weighted by Gasteiger charge is 2.25. The van der Waals surface area contributed by atoms with E-state index in [9.17, 15) is 0 Å². The molecule has 1 saturated heterocycles. The van der Waals surface area contributed by atoms with Crippen LogP contribution in [0.2, 0.25) is 0 Å². The Morgan fingerprint density at radius 2 is 2.12 bits per heavy atom. The predicted molar refractivity (Wildman–Crippen MR) is 103 cm³/mol. The second-order valence-electron chi connectivity index (χ2n) is 7.18. The van der Waals surface area contributed by atoms with Crippen molar-refractivity contribution in [3.8, 4) is 11.4 Å². The maximum Gasteiger partial charge on any atom is 0.189 e. The van der Waals surface area contributed by atoms with Crippen LogP contribution in [0.5, 0.6) is 0 Å². The second-order valence-corrected chi connectivity index (χ2v) is 7.18. The van der Waals surface area contributed by atoms with E-state index in [1.54, 1.807) is 0 Å². The van der Waals surface area contributed by atoms with E-state index in [0.717, 1.165) is 41.8 Å². The van der Waals surface area contributed by atoms with Gasteiger partial charge in [-0.25, -0.2) is 4.98 Å². The quantitative estimate of drug-likeness (QED) is 0.659. The van der Waals surface area contributed by atoms with Gasteiger partial charge in [0.05, 0.1) is 5.52 Å². The molecule has 8 heteroatoms. The molecule has 0 spiro atoms. The maximum absolute atomic E-state index is 6.10. The van der Waals surface area contributed by atoms with E-state index in [1.165, 1.54) is 0 Å². The van der Waals surface area contributed by atoms with Crippen molar-refractivity contribution in [2.45, 2.75) is 26.8 Å². The van der Waals surface area contributed by atoms with Crippen LogP contribution >= 0.6 is 0 Å². The molecule has 1 aliphatic heterocycles. The first-order valence-electron chi connectivity index (χ1n) is 8.96. The number of anilines is 2. The lowest BCUT2D eigenvalue weighted by molar-refractivity contribution is 0.367. The van der Waals surface area contributed by atoms with E-state index in [2.05, 4.69) is 44.5 Å². The molecule has 0 radical (unpaired) electrons. The summed E-state index contributed by atoms with van der Waals surface area (Å²) >= 11 is 0. The minimum Gasteiger partial charge on any atom is -0.379 e. The van der Waals surface area contributed by atoms with E-state index in [1.807, 2.05) is 25.1 Å². The molecule has 4 rings (SSSR count). The van der Waals surface area contributed by atoms with Crippen molar-refractivity contribution in [1.29, 1.82) is 0 Å². The zero-order chi connectivity index (χ0) is 18.3. The molecule has 26 heavy (non-hydrogen) atoms. The Kier molecular flexibility index (Phi) is 4.20. The Labute approximate surface area is 152 Å². The second kappa shape index (κ2) is 6.53. The van der Waals surface area contributed by atoms with Gasteiger partial charge in [-0.05, 0) is 31.0 Å². The van der Waals surface area contributed by atoms with Crippen molar-refractivity contribution in [2.24, 2.45) is 5.92 Å². The van der Waals surface area contributed by atoms with E-state index < -0.39 is 0 Å². The van der Waals surface area contributed by atoms with E-state index in [-0.39, 0.29) is 0 Å². The molecule has 0 bridgehead atoms. The van der Waals surface area contributed by atoms with Crippen LogP contribution in [0.15, 0.2) is 18.2 Å². The molecule has 2 aromatic heterocycles. The molecule has 4 N–H and O–H groups in total. The molecule has 1 aliphatic rings. The van der Waals surface area contributed by atoms with Gasteiger partial charge >= 0.3 is 0 Å². The van der Waals surface area contributed by atoms with Crippen molar-refractivity contribution in [1.82, 2.24) is 30.7 Å². The highest BCUT2D eigenvalue weighted by molar-refractivity contribution is 5.85. The number of hydrogen-bond acceptors (Lipinski definition) is 7. The molecule has 3 aromatic rings. The molecular weight excluding hydrogens is 328 g/mol. The maximum atomic E-state index is 6.10. The summed E-state index contributed by atoms with van der Waals surface area (Å²) in [4.78, 5) is 6.95. The highest BCUT2D eigenvalue weighted by Crippen LogP contribution is 2.26. The Morgan fingerprint density at radius 1 is 1.27 bits per heavy atom. The minimum absolute atomic E-state index is 0.374. The summed E-state index contributed by atoms with van der Waals surface area (Å²) in [5.74, 6) is 2.21. The van der Waals surface area contributed by atoms with Gasteiger partial charge in [0.2, 0.25) is 0 Å². The topological polar surface area (TPSA) is 109 Å². The SMILES string of the molecule is Cc1[nH]nc2ccc(-c3nnc(N)c(N4CCN[C@H](C(C)C)C4)n3)cc12. The summed E-state index contributed by atoms with van der Waals surface area (Å²) in [5, 5.41) is 20.3. The summed E-state index contributed by atoms with van der Waals surface area (Å²) < 4.78 is 0.